The fourth-order valence-corrected chi connectivity index (χ4v) is 0.801. The normalized spacial score (nSPS) is 10.4. The molecule has 2 N–H and O–H groups in total. The first kappa shape index (κ1) is 8.39. The van der Waals surface area contributed by atoms with Gasteiger partial charge in [0.25, 0.3) is 0 Å². The van der Waals surface area contributed by atoms with Crippen LogP contribution in [0.5, 0.6) is 0 Å². The summed E-state index contributed by atoms with van der Waals surface area (Å²) in [6.45, 7) is 1.81. The number of allylic oxidation sites excluding steroid dienone is 1. The summed E-state index contributed by atoms with van der Waals surface area (Å²) in [4.78, 5) is 17.7. The van der Waals surface area contributed by atoms with Crippen molar-refractivity contribution in [1.82, 2.24) is 9.97 Å². The second-order valence-corrected chi connectivity index (χ2v) is 2.26. The molecule has 0 amide bonds. The van der Waals surface area contributed by atoms with Crippen molar-refractivity contribution in [3.8, 4) is 0 Å². The number of hydrogen-bond acceptors (Lipinski definition) is 4. The zero-order valence-corrected chi connectivity index (χ0v) is 6.69. The molecule has 0 aliphatic carbocycles. The van der Waals surface area contributed by atoms with Gasteiger partial charge in [-0.3, -0.25) is 4.79 Å². The Labute approximate surface area is 70.1 Å². The standard InChI is InChI=1S/C8H9N3O/c1-6-7(3-2-4-12)5-10-8(9)11-6/h2-5H,1H3,(H2,9,10,11). The largest absolute Gasteiger partial charge is 0.368 e. The number of nitrogens with two attached hydrogens (primary N) is 1. The van der Waals surface area contributed by atoms with E-state index in [1.165, 1.54) is 6.08 Å². The van der Waals surface area contributed by atoms with Gasteiger partial charge in [0.05, 0.1) is 5.69 Å². The molecule has 62 valence electrons. The second kappa shape index (κ2) is 3.61. The van der Waals surface area contributed by atoms with Crippen LogP contribution in [0.4, 0.5) is 5.95 Å². The fourth-order valence-electron chi connectivity index (χ4n) is 0.801. The third-order valence-corrected chi connectivity index (χ3v) is 1.39. The van der Waals surface area contributed by atoms with Crippen molar-refractivity contribution in [2.24, 2.45) is 0 Å². The van der Waals surface area contributed by atoms with Gasteiger partial charge < -0.3 is 5.73 Å². The van der Waals surface area contributed by atoms with Crippen LogP contribution in [0.15, 0.2) is 12.3 Å². The molecule has 1 heterocycles. The van der Waals surface area contributed by atoms with Gasteiger partial charge in [-0.25, -0.2) is 9.97 Å². The third kappa shape index (κ3) is 1.88. The molecule has 0 atom stereocenters. The Morgan fingerprint density at radius 2 is 2.33 bits per heavy atom. The lowest BCUT2D eigenvalue weighted by Crippen LogP contribution is -1.97. The highest BCUT2D eigenvalue weighted by molar-refractivity contribution is 5.74. The highest BCUT2D eigenvalue weighted by Crippen LogP contribution is 2.05. The predicted octanol–water partition coefficient (Wildman–Crippen LogP) is 0.579. The van der Waals surface area contributed by atoms with Crippen LogP contribution in [0.3, 0.4) is 0 Å². The van der Waals surface area contributed by atoms with Gasteiger partial charge >= 0.3 is 0 Å². The summed E-state index contributed by atoms with van der Waals surface area (Å²) in [6.07, 6.45) is 5.32. The molecule has 0 aromatic carbocycles. The summed E-state index contributed by atoms with van der Waals surface area (Å²) in [5, 5.41) is 0. The number of rotatable bonds is 2. The molecular weight excluding hydrogens is 154 g/mol. The number of nitrogens with zero attached hydrogens (tertiary/aromatic N) is 2. The van der Waals surface area contributed by atoms with Crippen molar-refractivity contribution in [3.63, 3.8) is 0 Å². The molecule has 1 rings (SSSR count). The Balaban J connectivity index is 3.01. The van der Waals surface area contributed by atoms with E-state index in [1.807, 2.05) is 6.92 Å². The van der Waals surface area contributed by atoms with Gasteiger partial charge in [0.1, 0.15) is 6.29 Å². The van der Waals surface area contributed by atoms with E-state index in [9.17, 15) is 4.79 Å². The lowest BCUT2D eigenvalue weighted by molar-refractivity contribution is -0.104. The first-order valence-electron chi connectivity index (χ1n) is 3.45. The number of nitrogen functional groups attached to an aromatic ring is 1. The van der Waals surface area contributed by atoms with Crippen molar-refractivity contribution >= 4 is 18.3 Å². The van der Waals surface area contributed by atoms with Gasteiger partial charge in [0, 0.05) is 11.8 Å². The van der Waals surface area contributed by atoms with Crippen LogP contribution in [-0.2, 0) is 4.79 Å². The highest BCUT2D eigenvalue weighted by Gasteiger charge is 1.95. The number of aryl methyl sites for hydroxylation is 1. The summed E-state index contributed by atoms with van der Waals surface area (Å²) < 4.78 is 0. The van der Waals surface area contributed by atoms with Gasteiger partial charge in [-0.2, -0.15) is 0 Å². The molecule has 0 aliphatic rings. The quantitative estimate of drug-likeness (QED) is 0.511. The number of carbonyl (C=O) groups excluding carboxylic acids is 1. The Morgan fingerprint density at radius 3 is 2.92 bits per heavy atom. The van der Waals surface area contributed by atoms with E-state index in [4.69, 9.17) is 5.73 Å². The van der Waals surface area contributed by atoms with E-state index in [0.29, 0.717) is 6.29 Å². The molecule has 0 aliphatic heterocycles. The first-order chi connectivity index (χ1) is 5.74. The molecule has 12 heavy (non-hydrogen) atoms. The lowest BCUT2D eigenvalue weighted by Gasteiger charge is -1.97. The smallest absolute Gasteiger partial charge is 0.220 e. The van der Waals surface area contributed by atoms with Crippen molar-refractivity contribution in [3.05, 3.63) is 23.5 Å². The first-order valence-corrected chi connectivity index (χ1v) is 3.45. The SMILES string of the molecule is Cc1nc(N)ncc1C=CC=O. The van der Waals surface area contributed by atoms with Crippen molar-refractivity contribution in [1.29, 1.82) is 0 Å². The Morgan fingerprint density at radius 1 is 1.58 bits per heavy atom. The molecular formula is C8H9N3O. The van der Waals surface area contributed by atoms with Crippen LogP contribution in [0.25, 0.3) is 6.08 Å². The van der Waals surface area contributed by atoms with Crippen LogP contribution >= 0.6 is 0 Å². The summed E-state index contributed by atoms with van der Waals surface area (Å²) in [7, 11) is 0. The molecule has 0 bridgehead atoms. The Kier molecular flexibility index (Phi) is 2.53. The maximum Gasteiger partial charge on any atom is 0.220 e. The minimum Gasteiger partial charge on any atom is -0.368 e. The molecule has 0 unspecified atom stereocenters. The minimum atomic E-state index is 0.246. The van der Waals surface area contributed by atoms with Crippen LogP contribution in [0.1, 0.15) is 11.3 Å². The Hall–Kier alpha value is -1.71. The predicted molar refractivity (Wildman–Crippen MR) is 46.3 cm³/mol. The van der Waals surface area contributed by atoms with Gasteiger partial charge in [-0.15, -0.1) is 0 Å². The minimum absolute atomic E-state index is 0.246. The van der Waals surface area contributed by atoms with E-state index in [0.717, 1.165) is 11.3 Å². The molecule has 0 spiro atoms. The lowest BCUT2D eigenvalue weighted by atomic mass is 10.2. The number of hydrogen-bond donors (Lipinski definition) is 1. The number of aldehydes is 1. The summed E-state index contributed by atoms with van der Waals surface area (Å²) in [5.41, 5.74) is 6.91. The van der Waals surface area contributed by atoms with E-state index < -0.39 is 0 Å². The maximum atomic E-state index is 10.0. The van der Waals surface area contributed by atoms with Crippen molar-refractivity contribution < 1.29 is 4.79 Å². The molecule has 4 heteroatoms. The molecule has 4 nitrogen and oxygen atoms in total. The molecule has 0 radical (unpaired) electrons. The zero-order chi connectivity index (χ0) is 8.97. The molecule has 1 aromatic heterocycles. The maximum absolute atomic E-state index is 10.0. The average molecular weight is 163 g/mol. The molecule has 0 saturated heterocycles. The van der Waals surface area contributed by atoms with Gasteiger partial charge in [0.15, 0.2) is 0 Å². The van der Waals surface area contributed by atoms with Crippen LogP contribution < -0.4 is 5.73 Å². The van der Waals surface area contributed by atoms with E-state index in [2.05, 4.69) is 9.97 Å². The molecule has 0 saturated carbocycles. The highest BCUT2D eigenvalue weighted by atomic mass is 16.1. The third-order valence-electron chi connectivity index (χ3n) is 1.39. The monoisotopic (exact) mass is 163 g/mol. The van der Waals surface area contributed by atoms with Gasteiger partial charge in [-0.05, 0) is 19.1 Å². The van der Waals surface area contributed by atoms with Crippen LogP contribution in [-0.4, -0.2) is 16.3 Å². The summed E-state index contributed by atoms with van der Waals surface area (Å²) in [5.74, 6) is 0.246. The summed E-state index contributed by atoms with van der Waals surface area (Å²) in [6, 6.07) is 0. The average Bonchev–Trinajstić information content (AvgIpc) is 2.03. The van der Waals surface area contributed by atoms with Crippen LogP contribution in [0.2, 0.25) is 0 Å². The number of anilines is 1. The zero-order valence-electron chi connectivity index (χ0n) is 6.69. The van der Waals surface area contributed by atoms with E-state index >= 15 is 0 Å². The van der Waals surface area contributed by atoms with Gasteiger partial charge in [0.2, 0.25) is 5.95 Å². The van der Waals surface area contributed by atoms with Crippen molar-refractivity contribution in [2.75, 3.05) is 5.73 Å². The Bertz CT molecular complexity index is 320. The number of aromatic nitrogens is 2. The van der Waals surface area contributed by atoms with Gasteiger partial charge in [-0.1, -0.05) is 0 Å². The molecule has 0 fully saturated rings. The van der Waals surface area contributed by atoms with E-state index in [1.54, 1.807) is 12.3 Å². The molecule has 1 aromatic rings. The van der Waals surface area contributed by atoms with Crippen LogP contribution in [0, 0.1) is 6.92 Å². The second-order valence-electron chi connectivity index (χ2n) is 2.26. The van der Waals surface area contributed by atoms with Crippen molar-refractivity contribution in [2.45, 2.75) is 6.92 Å². The number of carbonyl (C=O) groups is 1. The van der Waals surface area contributed by atoms with E-state index in [-0.39, 0.29) is 5.95 Å². The topological polar surface area (TPSA) is 68.9 Å². The summed E-state index contributed by atoms with van der Waals surface area (Å²) >= 11 is 0. The fraction of sp³-hybridized carbons (Fsp3) is 0.125.